The van der Waals surface area contributed by atoms with Gasteiger partial charge >= 0.3 is 0 Å². The second kappa shape index (κ2) is 7.07. The van der Waals surface area contributed by atoms with Crippen LogP contribution in [0.25, 0.3) is 0 Å². The fourth-order valence-electron chi connectivity index (χ4n) is 1.74. The zero-order valence-electron chi connectivity index (χ0n) is 11.3. The van der Waals surface area contributed by atoms with Crippen LogP contribution in [-0.2, 0) is 6.54 Å². The van der Waals surface area contributed by atoms with Crippen LogP contribution in [0.3, 0.4) is 0 Å². The molecule has 0 saturated carbocycles. The monoisotopic (exact) mass is 272 g/mol. The molecule has 1 unspecified atom stereocenters. The van der Waals surface area contributed by atoms with Crippen LogP contribution in [0.4, 0.5) is 4.39 Å². The van der Waals surface area contributed by atoms with Crippen LogP contribution in [0, 0.1) is 11.7 Å². The number of nitrogens with zero attached hydrogens (tertiary/aromatic N) is 1. The Labute approximate surface area is 114 Å². The number of nitrogens with two attached hydrogens (primary N) is 1. The van der Waals surface area contributed by atoms with E-state index < -0.39 is 0 Å². The lowest BCUT2D eigenvalue weighted by atomic mass is 10.0. The molecule has 0 aliphatic heterocycles. The Morgan fingerprint density at radius 3 is 2.67 bits per heavy atom. The molecule has 0 amide bonds. The summed E-state index contributed by atoms with van der Waals surface area (Å²) in [6.07, 6.45) is 0.932. The van der Waals surface area contributed by atoms with Crippen LogP contribution in [0.15, 0.2) is 18.2 Å². The SMILES string of the molecule is CC(C)C(N)CCN(C)Cc1cccc(F)c1Cl. The summed E-state index contributed by atoms with van der Waals surface area (Å²) in [4.78, 5) is 2.11. The Balaban J connectivity index is 2.49. The lowest BCUT2D eigenvalue weighted by molar-refractivity contribution is 0.296. The minimum atomic E-state index is -0.360. The van der Waals surface area contributed by atoms with E-state index in [0.29, 0.717) is 12.5 Å². The van der Waals surface area contributed by atoms with Gasteiger partial charge < -0.3 is 10.6 Å². The summed E-state index contributed by atoms with van der Waals surface area (Å²) < 4.78 is 13.3. The number of hydrogen-bond donors (Lipinski definition) is 1. The molecule has 102 valence electrons. The van der Waals surface area contributed by atoms with Crippen LogP contribution in [0.2, 0.25) is 5.02 Å². The van der Waals surface area contributed by atoms with Crippen LogP contribution < -0.4 is 5.73 Å². The van der Waals surface area contributed by atoms with Gasteiger partial charge in [0.2, 0.25) is 0 Å². The van der Waals surface area contributed by atoms with Crippen molar-refractivity contribution in [2.24, 2.45) is 11.7 Å². The van der Waals surface area contributed by atoms with Gasteiger partial charge in [0.1, 0.15) is 5.82 Å². The first-order chi connectivity index (χ1) is 8.41. The van der Waals surface area contributed by atoms with E-state index in [1.165, 1.54) is 6.07 Å². The van der Waals surface area contributed by atoms with E-state index in [4.69, 9.17) is 17.3 Å². The third kappa shape index (κ3) is 4.56. The molecule has 1 aromatic carbocycles. The molecule has 0 spiro atoms. The van der Waals surface area contributed by atoms with Gasteiger partial charge in [-0.2, -0.15) is 0 Å². The van der Waals surface area contributed by atoms with E-state index >= 15 is 0 Å². The summed E-state index contributed by atoms with van der Waals surface area (Å²) in [5.41, 5.74) is 6.82. The predicted molar refractivity (Wildman–Crippen MR) is 75.2 cm³/mol. The molecule has 0 fully saturated rings. The maximum atomic E-state index is 13.3. The Morgan fingerprint density at radius 1 is 1.39 bits per heavy atom. The van der Waals surface area contributed by atoms with Crippen molar-refractivity contribution in [1.29, 1.82) is 0 Å². The molecular weight excluding hydrogens is 251 g/mol. The summed E-state index contributed by atoms with van der Waals surface area (Å²) in [6, 6.07) is 5.12. The summed E-state index contributed by atoms with van der Waals surface area (Å²) in [6.45, 7) is 5.76. The third-order valence-electron chi connectivity index (χ3n) is 3.17. The molecule has 1 aromatic rings. The van der Waals surface area contributed by atoms with Crippen molar-refractivity contribution in [1.82, 2.24) is 4.90 Å². The van der Waals surface area contributed by atoms with Crippen LogP contribution >= 0.6 is 11.6 Å². The molecule has 0 aliphatic carbocycles. The fraction of sp³-hybridized carbons (Fsp3) is 0.571. The normalized spacial score (nSPS) is 13.3. The van der Waals surface area contributed by atoms with Crippen LogP contribution in [0.1, 0.15) is 25.8 Å². The largest absolute Gasteiger partial charge is 0.327 e. The van der Waals surface area contributed by atoms with E-state index in [1.54, 1.807) is 6.07 Å². The van der Waals surface area contributed by atoms with Gasteiger partial charge in [-0.3, -0.25) is 0 Å². The highest BCUT2D eigenvalue weighted by Crippen LogP contribution is 2.20. The Hall–Kier alpha value is -0.640. The number of hydrogen-bond acceptors (Lipinski definition) is 2. The molecular formula is C14H22ClFN2. The molecule has 0 aliphatic rings. The van der Waals surface area contributed by atoms with Gasteiger partial charge in [-0.25, -0.2) is 4.39 Å². The maximum Gasteiger partial charge on any atom is 0.142 e. The van der Waals surface area contributed by atoms with Crippen LogP contribution in [0.5, 0.6) is 0 Å². The molecule has 0 aromatic heterocycles. The number of halogens is 2. The zero-order chi connectivity index (χ0) is 13.7. The van der Waals surface area contributed by atoms with E-state index in [-0.39, 0.29) is 16.9 Å². The average molecular weight is 273 g/mol. The fourth-order valence-corrected chi connectivity index (χ4v) is 1.93. The molecule has 2 nitrogen and oxygen atoms in total. The van der Waals surface area contributed by atoms with Crippen molar-refractivity contribution in [2.75, 3.05) is 13.6 Å². The highest BCUT2D eigenvalue weighted by Gasteiger charge is 2.11. The van der Waals surface area contributed by atoms with Gasteiger partial charge in [-0.05, 0) is 37.6 Å². The molecule has 0 saturated heterocycles. The summed E-state index contributed by atoms with van der Waals surface area (Å²) >= 11 is 5.92. The summed E-state index contributed by atoms with van der Waals surface area (Å²) in [5.74, 6) is 0.123. The second-order valence-corrected chi connectivity index (χ2v) is 5.53. The first-order valence-electron chi connectivity index (χ1n) is 6.28. The van der Waals surface area contributed by atoms with Gasteiger partial charge in [0.15, 0.2) is 0 Å². The third-order valence-corrected chi connectivity index (χ3v) is 3.60. The Morgan fingerprint density at radius 2 is 2.06 bits per heavy atom. The minimum Gasteiger partial charge on any atom is -0.327 e. The molecule has 0 heterocycles. The van der Waals surface area contributed by atoms with Crippen molar-refractivity contribution < 1.29 is 4.39 Å². The lowest BCUT2D eigenvalue weighted by Gasteiger charge is -2.21. The molecule has 1 atom stereocenters. The highest BCUT2D eigenvalue weighted by atomic mass is 35.5. The van der Waals surface area contributed by atoms with E-state index in [9.17, 15) is 4.39 Å². The topological polar surface area (TPSA) is 29.3 Å². The predicted octanol–water partition coefficient (Wildman–Crippen LogP) is 3.28. The van der Waals surface area contributed by atoms with Crippen molar-refractivity contribution in [3.05, 3.63) is 34.6 Å². The Bertz CT molecular complexity index is 382. The van der Waals surface area contributed by atoms with E-state index in [2.05, 4.69) is 18.7 Å². The van der Waals surface area contributed by atoms with Crippen molar-refractivity contribution in [3.8, 4) is 0 Å². The quantitative estimate of drug-likeness (QED) is 0.861. The molecule has 18 heavy (non-hydrogen) atoms. The van der Waals surface area contributed by atoms with E-state index in [0.717, 1.165) is 18.5 Å². The maximum absolute atomic E-state index is 13.3. The van der Waals surface area contributed by atoms with Gasteiger partial charge in [0.25, 0.3) is 0 Å². The van der Waals surface area contributed by atoms with Crippen molar-refractivity contribution >= 4 is 11.6 Å². The Kier molecular flexibility index (Phi) is 6.06. The van der Waals surface area contributed by atoms with Crippen LogP contribution in [-0.4, -0.2) is 24.5 Å². The van der Waals surface area contributed by atoms with Gasteiger partial charge in [-0.1, -0.05) is 37.6 Å². The van der Waals surface area contributed by atoms with E-state index in [1.807, 2.05) is 13.1 Å². The zero-order valence-corrected chi connectivity index (χ0v) is 12.0. The minimum absolute atomic E-state index is 0.204. The van der Waals surface area contributed by atoms with Gasteiger partial charge in [0.05, 0.1) is 5.02 Å². The van der Waals surface area contributed by atoms with Crippen molar-refractivity contribution in [2.45, 2.75) is 32.9 Å². The molecule has 4 heteroatoms. The smallest absolute Gasteiger partial charge is 0.142 e. The first kappa shape index (κ1) is 15.4. The molecule has 0 radical (unpaired) electrons. The second-order valence-electron chi connectivity index (χ2n) is 5.15. The van der Waals surface area contributed by atoms with Gasteiger partial charge in [-0.15, -0.1) is 0 Å². The van der Waals surface area contributed by atoms with Crippen molar-refractivity contribution in [3.63, 3.8) is 0 Å². The average Bonchev–Trinajstić information content (AvgIpc) is 2.32. The number of rotatable bonds is 6. The summed E-state index contributed by atoms with van der Waals surface area (Å²) in [7, 11) is 1.99. The van der Waals surface area contributed by atoms with Gasteiger partial charge in [0, 0.05) is 12.6 Å². The highest BCUT2D eigenvalue weighted by molar-refractivity contribution is 6.31. The standard InChI is InChI=1S/C14H22ClFN2/c1-10(2)13(17)7-8-18(3)9-11-5-4-6-12(16)14(11)15/h4-6,10,13H,7-9,17H2,1-3H3. The first-order valence-corrected chi connectivity index (χ1v) is 6.66. The number of benzene rings is 1. The lowest BCUT2D eigenvalue weighted by Crippen LogP contribution is -2.31. The summed E-state index contributed by atoms with van der Waals surface area (Å²) in [5, 5.41) is 0.220. The molecule has 2 N–H and O–H groups in total. The molecule has 1 rings (SSSR count). The molecule has 0 bridgehead atoms.